The van der Waals surface area contributed by atoms with E-state index in [9.17, 15) is 4.79 Å². The number of benzene rings is 2. The van der Waals surface area contributed by atoms with E-state index >= 15 is 0 Å². The van der Waals surface area contributed by atoms with Crippen molar-refractivity contribution in [3.05, 3.63) is 70.3 Å². The molecule has 4 rings (SSSR count). The number of nitrogens with one attached hydrogen (secondary N) is 1. The highest BCUT2D eigenvalue weighted by Crippen LogP contribution is 2.49. The lowest BCUT2D eigenvalue weighted by Gasteiger charge is -2.17. The minimum absolute atomic E-state index is 0.0684. The van der Waals surface area contributed by atoms with Gasteiger partial charge in [-0.25, -0.2) is 0 Å². The third-order valence-corrected chi connectivity index (χ3v) is 5.33. The fourth-order valence-corrected chi connectivity index (χ4v) is 3.47. The maximum absolute atomic E-state index is 13.0. The van der Waals surface area contributed by atoms with Crippen molar-refractivity contribution < 1.29 is 4.79 Å². The molecule has 1 aromatic heterocycles. The number of carbonyl (C=O) groups excluding carboxylic acids is 1. The fourth-order valence-electron chi connectivity index (χ4n) is 3.21. The summed E-state index contributed by atoms with van der Waals surface area (Å²) in [5.41, 5.74) is 3.57. The number of pyridine rings is 1. The second-order valence-electron chi connectivity index (χ2n) is 6.37. The molecular weight excluding hydrogens is 364 g/mol. The number of aromatic nitrogens is 1. The van der Waals surface area contributed by atoms with Crippen LogP contribution in [0, 0.1) is 6.92 Å². The van der Waals surface area contributed by atoms with E-state index in [0.717, 1.165) is 45.0 Å². The third-order valence-electron chi connectivity index (χ3n) is 4.80. The zero-order valence-corrected chi connectivity index (χ0v) is 14.9. The van der Waals surface area contributed by atoms with Gasteiger partial charge in [-0.1, -0.05) is 34.1 Å². The minimum Gasteiger partial charge on any atom is -0.325 e. The zero-order valence-electron chi connectivity index (χ0n) is 13.3. The molecule has 1 aliphatic rings. The van der Waals surface area contributed by atoms with Crippen molar-refractivity contribution in [1.29, 1.82) is 0 Å². The summed E-state index contributed by atoms with van der Waals surface area (Å²) in [7, 11) is 0. The SMILES string of the molecule is Cc1ccc(NC(=O)C2(c3ccc(Br)cc3)CC2)c2cccnc12. The standard InChI is InChI=1S/C20H17BrN2O/c1-13-4-9-17(16-3-2-12-22-18(13)16)23-19(24)20(10-11-20)14-5-7-15(21)8-6-14/h2-9,12H,10-11H2,1H3,(H,23,24). The quantitative estimate of drug-likeness (QED) is 0.696. The fraction of sp³-hybridized carbons (Fsp3) is 0.200. The van der Waals surface area contributed by atoms with E-state index in [1.807, 2.05) is 55.5 Å². The average molecular weight is 381 g/mol. The lowest BCUT2D eigenvalue weighted by molar-refractivity contribution is -0.118. The van der Waals surface area contributed by atoms with Gasteiger partial charge in [0.2, 0.25) is 5.91 Å². The molecule has 2 aromatic carbocycles. The van der Waals surface area contributed by atoms with Crippen molar-refractivity contribution in [3.8, 4) is 0 Å². The zero-order chi connectivity index (χ0) is 16.7. The molecule has 120 valence electrons. The maximum Gasteiger partial charge on any atom is 0.235 e. The highest BCUT2D eigenvalue weighted by Gasteiger charge is 2.51. The maximum atomic E-state index is 13.0. The molecule has 0 bridgehead atoms. The molecular formula is C20H17BrN2O. The Hall–Kier alpha value is -2.20. The molecule has 1 heterocycles. The van der Waals surface area contributed by atoms with Crippen LogP contribution in [0.15, 0.2) is 59.2 Å². The Morgan fingerprint density at radius 3 is 2.58 bits per heavy atom. The van der Waals surface area contributed by atoms with Gasteiger partial charge < -0.3 is 5.32 Å². The van der Waals surface area contributed by atoms with Crippen molar-refractivity contribution in [1.82, 2.24) is 4.98 Å². The molecule has 24 heavy (non-hydrogen) atoms. The van der Waals surface area contributed by atoms with E-state index in [0.29, 0.717) is 0 Å². The molecule has 1 N–H and O–H groups in total. The van der Waals surface area contributed by atoms with Crippen LogP contribution in [0.4, 0.5) is 5.69 Å². The van der Waals surface area contributed by atoms with Gasteiger partial charge >= 0.3 is 0 Å². The summed E-state index contributed by atoms with van der Waals surface area (Å²) < 4.78 is 1.03. The van der Waals surface area contributed by atoms with Crippen molar-refractivity contribution in [3.63, 3.8) is 0 Å². The Morgan fingerprint density at radius 2 is 1.88 bits per heavy atom. The summed E-state index contributed by atoms with van der Waals surface area (Å²) in [6.45, 7) is 2.03. The summed E-state index contributed by atoms with van der Waals surface area (Å²) >= 11 is 3.45. The number of aryl methyl sites for hydroxylation is 1. The van der Waals surface area contributed by atoms with Crippen LogP contribution in [0.5, 0.6) is 0 Å². The number of anilines is 1. The van der Waals surface area contributed by atoms with Crippen molar-refractivity contribution >= 4 is 38.4 Å². The second-order valence-corrected chi connectivity index (χ2v) is 7.29. The third kappa shape index (κ3) is 2.51. The molecule has 0 unspecified atom stereocenters. The van der Waals surface area contributed by atoms with Gasteiger partial charge in [0.15, 0.2) is 0 Å². The van der Waals surface area contributed by atoms with E-state index in [4.69, 9.17) is 0 Å². The van der Waals surface area contributed by atoms with Crippen LogP contribution >= 0.6 is 15.9 Å². The molecule has 0 aliphatic heterocycles. The highest BCUT2D eigenvalue weighted by atomic mass is 79.9. The molecule has 4 heteroatoms. The first-order chi connectivity index (χ1) is 11.6. The molecule has 0 saturated heterocycles. The van der Waals surface area contributed by atoms with Crippen LogP contribution in [0.2, 0.25) is 0 Å². The molecule has 3 nitrogen and oxygen atoms in total. The number of amides is 1. The number of hydrogen-bond acceptors (Lipinski definition) is 2. The number of fused-ring (bicyclic) bond motifs is 1. The van der Waals surface area contributed by atoms with Gasteiger partial charge in [0.1, 0.15) is 0 Å². The number of rotatable bonds is 3. The number of hydrogen-bond donors (Lipinski definition) is 1. The summed E-state index contributed by atoms with van der Waals surface area (Å²) in [4.78, 5) is 17.4. The van der Waals surface area contributed by atoms with E-state index < -0.39 is 0 Å². The molecule has 0 spiro atoms. The molecule has 1 aliphatic carbocycles. The van der Waals surface area contributed by atoms with Crippen LogP contribution in [0.25, 0.3) is 10.9 Å². The van der Waals surface area contributed by atoms with Crippen LogP contribution in [0.1, 0.15) is 24.0 Å². The van der Waals surface area contributed by atoms with Crippen molar-refractivity contribution in [2.75, 3.05) is 5.32 Å². The van der Waals surface area contributed by atoms with Gasteiger partial charge in [0, 0.05) is 16.1 Å². The molecule has 1 fully saturated rings. The minimum atomic E-state index is -0.389. The van der Waals surface area contributed by atoms with Crippen molar-refractivity contribution in [2.24, 2.45) is 0 Å². The van der Waals surface area contributed by atoms with Gasteiger partial charge in [0.05, 0.1) is 16.6 Å². The van der Waals surface area contributed by atoms with Gasteiger partial charge in [-0.05, 0) is 61.2 Å². The number of carbonyl (C=O) groups is 1. The smallest absolute Gasteiger partial charge is 0.235 e. The molecule has 0 atom stereocenters. The molecule has 3 aromatic rings. The Balaban J connectivity index is 1.68. The summed E-state index contributed by atoms with van der Waals surface area (Å²) in [6, 6.07) is 15.9. The first-order valence-corrected chi connectivity index (χ1v) is 8.81. The summed E-state index contributed by atoms with van der Waals surface area (Å²) in [6.07, 6.45) is 3.57. The van der Waals surface area contributed by atoms with Gasteiger partial charge in [-0.15, -0.1) is 0 Å². The van der Waals surface area contributed by atoms with Gasteiger partial charge in [0.25, 0.3) is 0 Å². The Labute approximate surface area is 149 Å². The van der Waals surface area contributed by atoms with Crippen LogP contribution in [-0.4, -0.2) is 10.9 Å². The van der Waals surface area contributed by atoms with Crippen molar-refractivity contribution in [2.45, 2.75) is 25.2 Å². The van der Waals surface area contributed by atoms with Gasteiger partial charge in [-0.3, -0.25) is 9.78 Å². The highest BCUT2D eigenvalue weighted by molar-refractivity contribution is 9.10. The van der Waals surface area contributed by atoms with E-state index in [1.165, 1.54) is 0 Å². The summed E-state index contributed by atoms with van der Waals surface area (Å²) in [5, 5.41) is 4.12. The Morgan fingerprint density at radius 1 is 1.12 bits per heavy atom. The van der Waals surface area contributed by atoms with Crippen LogP contribution < -0.4 is 5.32 Å². The normalized spacial score (nSPS) is 15.2. The van der Waals surface area contributed by atoms with E-state index in [1.54, 1.807) is 6.20 Å². The molecule has 0 radical (unpaired) electrons. The van der Waals surface area contributed by atoms with Crippen LogP contribution in [0.3, 0.4) is 0 Å². The Bertz CT molecular complexity index is 930. The Kier molecular flexibility index (Phi) is 3.65. The van der Waals surface area contributed by atoms with Gasteiger partial charge in [-0.2, -0.15) is 0 Å². The van der Waals surface area contributed by atoms with E-state index in [2.05, 4.69) is 26.2 Å². The predicted molar refractivity (Wildman–Crippen MR) is 100 cm³/mol. The summed E-state index contributed by atoms with van der Waals surface area (Å²) in [5.74, 6) is 0.0684. The number of halogens is 1. The molecule has 1 amide bonds. The van der Waals surface area contributed by atoms with Crippen LogP contribution in [-0.2, 0) is 10.2 Å². The monoisotopic (exact) mass is 380 g/mol. The van der Waals surface area contributed by atoms with E-state index in [-0.39, 0.29) is 11.3 Å². The lowest BCUT2D eigenvalue weighted by Crippen LogP contribution is -2.27. The second kappa shape index (κ2) is 5.71. The first kappa shape index (κ1) is 15.3. The lowest BCUT2D eigenvalue weighted by atomic mass is 9.95. The first-order valence-electron chi connectivity index (χ1n) is 8.02. The average Bonchev–Trinajstić information content (AvgIpc) is 3.40. The largest absolute Gasteiger partial charge is 0.325 e. The predicted octanol–water partition coefficient (Wildman–Crippen LogP) is 4.98. The topological polar surface area (TPSA) is 42.0 Å². The number of nitrogens with zero attached hydrogens (tertiary/aromatic N) is 1. The molecule has 1 saturated carbocycles.